The number of rotatable bonds is 5. The molecule has 0 fully saturated rings. The minimum absolute atomic E-state index is 0.250. The molecule has 27 heavy (non-hydrogen) atoms. The topological polar surface area (TPSA) is 55.4 Å². The van der Waals surface area contributed by atoms with E-state index in [-0.39, 0.29) is 12.5 Å². The molecule has 0 aliphatic rings. The van der Waals surface area contributed by atoms with Crippen LogP contribution < -0.4 is 5.32 Å². The molecule has 3 aromatic rings. The first-order valence-corrected chi connectivity index (χ1v) is 9.64. The number of hydrogen-bond acceptors (Lipinski definition) is 4. The minimum Gasteiger partial charge on any atom is -0.462 e. The van der Waals surface area contributed by atoms with Crippen LogP contribution in [0.25, 0.3) is 11.1 Å². The van der Waals surface area contributed by atoms with Gasteiger partial charge in [0.2, 0.25) is 0 Å². The van der Waals surface area contributed by atoms with E-state index in [2.05, 4.69) is 5.32 Å². The second-order valence-electron chi connectivity index (χ2n) is 5.76. The highest BCUT2D eigenvalue weighted by atomic mass is 35.5. The molecule has 0 atom stereocenters. The number of ether oxygens (including phenoxy) is 1. The molecular weight excluding hydrogens is 382 g/mol. The summed E-state index contributed by atoms with van der Waals surface area (Å²) in [4.78, 5) is 26.3. The van der Waals surface area contributed by atoms with Crippen molar-refractivity contribution in [2.24, 2.45) is 0 Å². The Morgan fingerprint density at radius 3 is 2.41 bits per heavy atom. The molecule has 1 amide bonds. The largest absolute Gasteiger partial charge is 0.462 e. The van der Waals surface area contributed by atoms with Gasteiger partial charge in [-0.25, -0.2) is 4.79 Å². The number of esters is 1. The van der Waals surface area contributed by atoms with Gasteiger partial charge in [0.1, 0.15) is 10.6 Å². The van der Waals surface area contributed by atoms with Crippen LogP contribution in [-0.4, -0.2) is 18.5 Å². The molecule has 2 aromatic carbocycles. The van der Waals surface area contributed by atoms with Gasteiger partial charge in [-0.3, -0.25) is 4.79 Å². The van der Waals surface area contributed by atoms with E-state index < -0.39 is 5.97 Å². The average Bonchev–Trinajstić information content (AvgIpc) is 2.98. The molecule has 0 radical (unpaired) electrons. The van der Waals surface area contributed by atoms with Crippen molar-refractivity contribution < 1.29 is 14.3 Å². The molecule has 0 unspecified atom stereocenters. The second kappa shape index (κ2) is 8.37. The first-order valence-electron chi connectivity index (χ1n) is 8.44. The number of carbonyl (C=O) groups excluding carboxylic acids is 2. The molecule has 6 heteroatoms. The molecule has 0 bridgehead atoms. The third-order valence-electron chi connectivity index (χ3n) is 3.97. The molecule has 1 N–H and O–H groups in total. The zero-order chi connectivity index (χ0) is 19.4. The Hall–Kier alpha value is -2.63. The molecule has 4 nitrogen and oxygen atoms in total. The van der Waals surface area contributed by atoms with E-state index in [4.69, 9.17) is 16.3 Å². The zero-order valence-corrected chi connectivity index (χ0v) is 16.5. The molecule has 0 saturated carbocycles. The minimum atomic E-state index is -0.463. The predicted octanol–water partition coefficient (Wildman–Crippen LogP) is 5.81. The monoisotopic (exact) mass is 399 g/mol. The summed E-state index contributed by atoms with van der Waals surface area (Å²) in [6.45, 7) is 3.92. The summed E-state index contributed by atoms with van der Waals surface area (Å²) < 4.78 is 5.25. The van der Waals surface area contributed by atoms with Crippen molar-refractivity contribution in [3.05, 3.63) is 75.6 Å². The Bertz CT molecular complexity index is 982. The van der Waals surface area contributed by atoms with Crippen LogP contribution in [0.15, 0.2) is 54.6 Å². The van der Waals surface area contributed by atoms with Crippen LogP contribution in [0.4, 0.5) is 5.00 Å². The maximum Gasteiger partial charge on any atom is 0.341 e. The Kier molecular flexibility index (Phi) is 5.94. The van der Waals surface area contributed by atoms with Gasteiger partial charge in [-0.15, -0.1) is 11.3 Å². The quantitative estimate of drug-likeness (QED) is 0.551. The van der Waals surface area contributed by atoms with Gasteiger partial charge >= 0.3 is 5.97 Å². The third-order valence-corrected chi connectivity index (χ3v) is 5.32. The first-order chi connectivity index (χ1) is 13.0. The molecule has 3 rings (SSSR count). The van der Waals surface area contributed by atoms with Gasteiger partial charge in [0.15, 0.2) is 0 Å². The number of benzene rings is 2. The molecule has 0 aliphatic carbocycles. The number of amides is 1. The second-order valence-corrected chi connectivity index (χ2v) is 7.39. The number of carbonyl (C=O) groups is 2. The number of thiophene rings is 1. The lowest BCUT2D eigenvalue weighted by atomic mass is 10.0. The van der Waals surface area contributed by atoms with Crippen LogP contribution in [0.3, 0.4) is 0 Å². The van der Waals surface area contributed by atoms with Gasteiger partial charge in [-0.05, 0) is 31.5 Å². The van der Waals surface area contributed by atoms with Crippen molar-refractivity contribution in [2.75, 3.05) is 11.9 Å². The zero-order valence-electron chi connectivity index (χ0n) is 14.9. The fourth-order valence-corrected chi connectivity index (χ4v) is 4.08. The van der Waals surface area contributed by atoms with Crippen LogP contribution in [-0.2, 0) is 4.74 Å². The Labute approximate surface area is 166 Å². The van der Waals surface area contributed by atoms with Crippen molar-refractivity contribution in [3.8, 4) is 11.1 Å². The van der Waals surface area contributed by atoms with E-state index in [1.54, 1.807) is 31.2 Å². The smallest absolute Gasteiger partial charge is 0.341 e. The van der Waals surface area contributed by atoms with Crippen molar-refractivity contribution in [3.63, 3.8) is 0 Å². The number of anilines is 1. The van der Waals surface area contributed by atoms with Crippen LogP contribution >= 0.6 is 22.9 Å². The highest BCUT2D eigenvalue weighted by Crippen LogP contribution is 2.40. The lowest BCUT2D eigenvalue weighted by Crippen LogP contribution is -2.15. The maximum atomic E-state index is 12.7. The van der Waals surface area contributed by atoms with Crippen molar-refractivity contribution in [1.82, 2.24) is 0 Å². The van der Waals surface area contributed by atoms with Crippen LogP contribution in [0.2, 0.25) is 5.02 Å². The first kappa shape index (κ1) is 19.1. The number of nitrogens with one attached hydrogen (secondary N) is 1. The summed E-state index contributed by atoms with van der Waals surface area (Å²) in [7, 11) is 0. The van der Waals surface area contributed by atoms with Crippen LogP contribution in [0, 0.1) is 6.92 Å². The average molecular weight is 400 g/mol. The van der Waals surface area contributed by atoms with E-state index in [0.717, 1.165) is 16.0 Å². The van der Waals surface area contributed by atoms with Gasteiger partial charge in [0, 0.05) is 10.4 Å². The van der Waals surface area contributed by atoms with Crippen LogP contribution in [0.1, 0.15) is 32.5 Å². The van der Waals surface area contributed by atoms with Gasteiger partial charge in [-0.1, -0.05) is 54.1 Å². The molecule has 1 heterocycles. The van der Waals surface area contributed by atoms with Crippen molar-refractivity contribution >= 4 is 39.8 Å². The standard InChI is InChI=1S/C21H18ClNO3S/c1-3-26-21(25)18-17(14-9-5-4-6-10-14)13(2)27-20(18)23-19(24)15-11-7-8-12-16(15)22/h4-12H,3H2,1-2H3,(H,23,24). The van der Waals surface area contributed by atoms with E-state index in [9.17, 15) is 9.59 Å². The predicted molar refractivity (Wildman–Crippen MR) is 110 cm³/mol. The van der Waals surface area contributed by atoms with E-state index >= 15 is 0 Å². The highest BCUT2D eigenvalue weighted by molar-refractivity contribution is 7.17. The van der Waals surface area contributed by atoms with Crippen molar-refractivity contribution in [1.29, 1.82) is 0 Å². The van der Waals surface area contributed by atoms with Gasteiger partial charge in [-0.2, -0.15) is 0 Å². The summed E-state index contributed by atoms with van der Waals surface area (Å²) in [6, 6.07) is 16.4. The maximum absolute atomic E-state index is 12.7. The lowest BCUT2D eigenvalue weighted by molar-refractivity contribution is 0.0529. The number of halogens is 1. The van der Waals surface area contributed by atoms with E-state index in [1.165, 1.54) is 11.3 Å². The summed E-state index contributed by atoms with van der Waals surface area (Å²) >= 11 is 7.46. The summed E-state index contributed by atoms with van der Waals surface area (Å²) in [6.07, 6.45) is 0. The lowest BCUT2D eigenvalue weighted by Gasteiger charge is -2.09. The van der Waals surface area contributed by atoms with E-state index in [1.807, 2.05) is 37.3 Å². The molecular formula is C21H18ClNO3S. The van der Waals surface area contributed by atoms with Gasteiger partial charge in [0.05, 0.1) is 17.2 Å². The van der Waals surface area contributed by atoms with Gasteiger partial charge < -0.3 is 10.1 Å². The Morgan fingerprint density at radius 1 is 1.07 bits per heavy atom. The SMILES string of the molecule is CCOC(=O)c1c(NC(=O)c2ccccc2Cl)sc(C)c1-c1ccccc1. The normalized spacial score (nSPS) is 10.5. The highest BCUT2D eigenvalue weighted by Gasteiger charge is 2.26. The number of hydrogen-bond donors (Lipinski definition) is 1. The molecule has 0 saturated heterocycles. The fourth-order valence-electron chi connectivity index (χ4n) is 2.80. The third kappa shape index (κ3) is 4.04. The molecule has 1 aromatic heterocycles. The summed E-state index contributed by atoms with van der Waals surface area (Å²) in [5.41, 5.74) is 2.38. The number of aryl methyl sites for hydroxylation is 1. The van der Waals surface area contributed by atoms with Crippen LogP contribution in [0.5, 0.6) is 0 Å². The molecule has 138 valence electrons. The Balaban J connectivity index is 2.06. The van der Waals surface area contributed by atoms with E-state index in [0.29, 0.717) is 21.2 Å². The fraction of sp³-hybridized carbons (Fsp3) is 0.143. The molecule has 0 spiro atoms. The van der Waals surface area contributed by atoms with Gasteiger partial charge in [0.25, 0.3) is 5.91 Å². The summed E-state index contributed by atoms with van der Waals surface area (Å²) in [5.74, 6) is -0.831. The Morgan fingerprint density at radius 2 is 1.74 bits per heavy atom. The summed E-state index contributed by atoms with van der Waals surface area (Å²) in [5, 5.41) is 3.64. The molecule has 0 aliphatic heterocycles. The van der Waals surface area contributed by atoms with Crippen molar-refractivity contribution in [2.45, 2.75) is 13.8 Å².